The van der Waals surface area contributed by atoms with E-state index in [9.17, 15) is 9.90 Å². The summed E-state index contributed by atoms with van der Waals surface area (Å²) in [6, 6.07) is 6.94. The van der Waals surface area contributed by atoms with Gasteiger partial charge in [0.25, 0.3) is 0 Å². The van der Waals surface area contributed by atoms with Crippen molar-refractivity contribution in [2.24, 2.45) is 0 Å². The Hall–Kier alpha value is -1.45. The number of carbonyl (C=O) groups is 1. The van der Waals surface area contributed by atoms with Crippen LogP contribution in [0.2, 0.25) is 10.0 Å². The van der Waals surface area contributed by atoms with Crippen molar-refractivity contribution in [3.63, 3.8) is 0 Å². The van der Waals surface area contributed by atoms with Crippen molar-refractivity contribution < 1.29 is 9.90 Å². The molecule has 5 heteroatoms. The minimum Gasteiger partial charge on any atom is -0.477 e. The molecule has 1 aromatic carbocycles. The maximum atomic E-state index is 11.3. The third-order valence-corrected chi connectivity index (χ3v) is 3.89. The first kappa shape index (κ1) is 14.9. The Morgan fingerprint density at radius 1 is 1.25 bits per heavy atom. The molecule has 1 N–H and O–H groups in total. The van der Waals surface area contributed by atoms with Gasteiger partial charge in [0, 0.05) is 17.1 Å². The zero-order valence-electron chi connectivity index (χ0n) is 11.3. The van der Waals surface area contributed by atoms with Crippen LogP contribution in [0.1, 0.15) is 29.4 Å². The molecule has 0 amide bonds. The molecule has 106 valence electrons. The summed E-state index contributed by atoms with van der Waals surface area (Å²) in [5.74, 6) is -0.945. The molecule has 2 aromatic rings. The number of hydrogen-bond donors (Lipinski definition) is 1. The monoisotopic (exact) mass is 311 g/mol. The van der Waals surface area contributed by atoms with E-state index in [2.05, 4.69) is 0 Å². The van der Waals surface area contributed by atoms with Gasteiger partial charge in [0.05, 0.1) is 10.7 Å². The first-order chi connectivity index (χ1) is 9.45. The highest BCUT2D eigenvalue weighted by atomic mass is 35.5. The molecule has 1 aromatic heterocycles. The molecule has 0 fully saturated rings. The lowest BCUT2D eigenvalue weighted by atomic mass is 10.1. The number of benzene rings is 1. The Balaban J connectivity index is 2.63. The summed E-state index contributed by atoms with van der Waals surface area (Å²) in [5.41, 5.74) is 2.68. The number of aromatic nitrogens is 1. The van der Waals surface area contributed by atoms with Crippen LogP contribution in [0.25, 0.3) is 11.3 Å². The van der Waals surface area contributed by atoms with E-state index >= 15 is 0 Å². The van der Waals surface area contributed by atoms with E-state index in [0.29, 0.717) is 16.6 Å². The van der Waals surface area contributed by atoms with Gasteiger partial charge in [-0.25, -0.2) is 4.79 Å². The van der Waals surface area contributed by atoms with E-state index in [1.54, 1.807) is 28.8 Å². The molecular formula is C15H15Cl2NO2. The Morgan fingerprint density at radius 3 is 2.55 bits per heavy atom. The maximum Gasteiger partial charge on any atom is 0.352 e. The summed E-state index contributed by atoms with van der Waals surface area (Å²) in [7, 11) is 0. The Morgan fingerprint density at radius 2 is 1.95 bits per heavy atom. The lowest BCUT2D eigenvalue weighted by Crippen LogP contribution is -2.09. The van der Waals surface area contributed by atoms with Crippen LogP contribution in [0.5, 0.6) is 0 Å². The summed E-state index contributed by atoms with van der Waals surface area (Å²) in [5, 5.41) is 10.4. The first-order valence-electron chi connectivity index (χ1n) is 6.34. The van der Waals surface area contributed by atoms with Crippen molar-refractivity contribution in [3.05, 3.63) is 45.6 Å². The van der Waals surface area contributed by atoms with Gasteiger partial charge in [0.15, 0.2) is 0 Å². The Labute approximate surface area is 127 Å². The molecule has 0 saturated heterocycles. The normalized spacial score (nSPS) is 10.8. The summed E-state index contributed by atoms with van der Waals surface area (Å²) < 4.78 is 1.76. The molecule has 0 saturated carbocycles. The molecule has 0 unspecified atom stereocenters. The van der Waals surface area contributed by atoms with Crippen molar-refractivity contribution in [1.82, 2.24) is 4.57 Å². The summed E-state index contributed by atoms with van der Waals surface area (Å²) in [4.78, 5) is 11.3. The van der Waals surface area contributed by atoms with Crippen molar-refractivity contribution in [1.29, 1.82) is 0 Å². The van der Waals surface area contributed by atoms with Crippen LogP contribution in [0, 0.1) is 6.92 Å². The van der Waals surface area contributed by atoms with Crippen molar-refractivity contribution >= 4 is 29.2 Å². The number of carboxylic acids is 1. The fourth-order valence-electron chi connectivity index (χ4n) is 2.20. The maximum absolute atomic E-state index is 11.3. The van der Waals surface area contributed by atoms with E-state index in [1.807, 2.05) is 13.8 Å². The summed E-state index contributed by atoms with van der Waals surface area (Å²) >= 11 is 12.4. The Kier molecular flexibility index (Phi) is 4.41. The van der Waals surface area contributed by atoms with Gasteiger partial charge in [-0.3, -0.25) is 0 Å². The van der Waals surface area contributed by atoms with Gasteiger partial charge in [-0.2, -0.15) is 0 Å². The lowest BCUT2D eigenvalue weighted by Gasteiger charge is -2.13. The predicted octanol–water partition coefficient (Wildman–Crippen LogP) is 4.88. The molecule has 1 heterocycles. The minimum atomic E-state index is -0.945. The molecule has 20 heavy (non-hydrogen) atoms. The van der Waals surface area contributed by atoms with Gasteiger partial charge >= 0.3 is 5.97 Å². The molecule has 2 rings (SSSR count). The second-order valence-corrected chi connectivity index (χ2v) is 5.46. The molecule has 0 aliphatic heterocycles. The van der Waals surface area contributed by atoms with Crippen molar-refractivity contribution in [2.45, 2.75) is 26.8 Å². The molecule has 0 radical (unpaired) electrons. The fourth-order valence-corrected chi connectivity index (χ4v) is 2.68. The first-order valence-corrected chi connectivity index (χ1v) is 7.10. The third kappa shape index (κ3) is 2.69. The highest BCUT2D eigenvalue weighted by molar-refractivity contribution is 6.35. The molecule has 0 spiro atoms. The summed E-state index contributed by atoms with van der Waals surface area (Å²) in [6.45, 7) is 4.50. The van der Waals surface area contributed by atoms with Crippen LogP contribution in [-0.4, -0.2) is 15.6 Å². The molecular weight excluding hydrogens is 297 g/mol. The minimum absolute atomic E-state index is 0.259. The number of carboxylic acid groups (broad SMARTS) is 1. The van der Waals surface area contributed by atoms with Crippen molar-refractivity contribution in [2.75, 3.05) is 0 Å². The van der Waals surface area contributed by atoms with Crippen LogP contribution in [0.4, 0.5) is 0 Å². The van der Waals surface area contributed by atoms with Crippen LogP contribution >= 0.6 is 23.2 Å². The summed E-state index contributed by atoms with van der Waals surface area (Å²) in [6.07, 6.45) is 0.833. The number of aryl methyl sites for hydroxylation is 1. The standard InChI is InChI=1S/C15H15Cl2NO2/c1-3-6-18-13(4-5-14(18)15(19)20)10-8-11(16)9(2)7-12(10)17/h4-5,7-8H,3,6H2,1-2H3,(H,19,20). The van der Waals surface area contributed by atoms with Crippen LogP contribution in [-0.2, 0) is 6.54 Å². The average Bonchev–Trinajstić information content (AvgIpc) is 2.78. The number of hydrogen-bond acceptors (Lipinski definition) is 1. The van der Waals surface area contributed by atoms with Crippen LogP contribution in [0.15, 0.2) is 24.3 Å². The number of aromatic carboxylic acids is 1. The predicted molar refractivity (Wildman–Crippen MR) is 81.9 cm³/mol. The van der Waals surface area contributed by atoms with E-state index in [4.69, 9.17) is 23.2 Å². The van der Waals surface area contributed by atoms with Gasteiger partial charge in [-0.05, 0) is 43.2 Å². The van der Waals surface area contributed by atoms with Gasteiger partial charge in [0.1, 0.15) is 5.69 Å². The molecule has 0 aliphatic carbocycles. The second kappa shape index (κ2) is 5.90. The van der Waals surface area contributed by atoms with E-state index in [1.165, 1.54) is 0 Å². The van der Waals surface area contributed by atoms with Gasteiger partial charge in [-0.1, -0.05) is 30.1 Å². The SMILES string of the molecule is CCCn1c(C(=O)O)ccc1-c1cc(Cl)c(C)cc1Cl. The van der Waals surface area contributed by atoms with Crippen LogP contribution < -0.4 is 0 Å². The molecule has 0 aliphatic rings. The highest BCUT2D eigenvalue weighted by Crippen LogP contribution is 2.34. The third-order valence-electron chi connectivity index (χ3n) is 3.17. The average molecular weight is 312 g/mol. The molecule has 0 atom stereocenters. The quantitative estimate of drug-likeness (QED) is 0.874. The molecule has 3 nitrogen and oxygen atoms in total. The van der Waals surface area contributed by atoms with Gasteiger partial charge < -0.3 is 9.67 Å². The van der Waals surface area contributed by atoms with E-state index in [0.717, 1.165) is 23.2 Å². The van der Waals surface area contributed by atoms with Crippen molar-refractivity contribution in [3.8, 4) is 11.3 Å². The topological polar surface area (TPSA) is 42.2 Å². The van der Waals surface area contributed by atoms with E-state index in [-0.39, 0.29) is 5.69 Å². The number of nitrogens with zero attached hydrogens (tertiary/aromatic N) is 1. The lowest BCUT2D eigenvalue weighted by molar-refractivity contribution is 0.0685. The van der Waals surface area contributed by atoms with Crippen LogP contribution in [0.3, 0.4) is 0 Å². The molecule has 0 bridgehead atoms. The zero-order valence-corrected chi connectivity index (χ0v) is 12.8. The fraction of sp³-hybridized carbons (Fsp3) is 0.267. The number of halogens is 2. The zero-order chi connectivity index (χ0) is 14.9. The number of rotatable bonds is 4. The highest BCUT2D eigenvalue weighted by Gasteiger charge is 2.17. The van der Waals surface area contributed by atoms with E-state index < -0.39 is 5.97 Å². The van der Waals surface area contributed by atoms with Gasteiger partial charge in [0.2, 0.25) is 0 Å². The second-order valence-electron chi connectivity index (χ2n) is 4.64. The Bertz CT molecular complexity index is 662. The van der Waals surface area contributed by atoms with Gasteiger partial charge in [-0.15, -0.1) is 0 Å². The largest absolute Gasteiger partial charge is 0.477 e. The smallest absolute Gasteiger partial charge is 0.352 e.